The molecule has 2 amide bonds. The van der Waals surface area contributed by atoms with Gasteiger partial charge in [0.2, 0.25) is 0 Å². The van der Waals surface area contributed by atoms with E-state index in [9.17, 15) is 37.9 Å². The third-order valence-corrected chi connectivity index (χ3v) is 11.3. The molecule has 0 unspecified atom stereocenters. The first-order valence-electron chi connectivity index (χ1n) is 16.2. The Balaban J connectivity index is 1.21. The van der Waals surface area contributed by atoms with Gasteiger partial charge >= 0.3 is 17.9 Å². The number of aliphatic hydroxyl groups is 1. The molecule has 0 bridgehead atoms. The largest absolute Gasteiger partial charge is 0.461 e. The van der Waals surface area contributed by atoms with Crippen molar-refractivity contribution < 1.29 is 52.1 Å². The molecule has 5 heterocycles. The van der Waals surface area contributed by atoms with Crippen molar-refractivity contribution in [3.63, 3.8) is 0 Å². The van der Waals surface area contributed by atoms with Gasteiger partial charge in [0, 0.05) is 26.1 Å². The van der Waals surface area contributed by atoms with Gasteiger partial charge in [-0.05, 0) is 36.3 Å². The number of hydrogen-bond acceptors (Lipinski definition) is 11. The van der Waals surface area contributed by atoms with Crippen LogP contribution in [0.2, 0.25) is 0 Å². The van der Waals surface area contributed by atoms with E-state index in [0.29, 0.717) is 12.8 Å². The summed E-state index contributed by atoms with van der Waals surface area (Å²) in [4.78, 5) is 78.5. The highest BCUT2D eigenvalue weighted by molar-refractivity contribution is 5.99. The Bertz CT molecular complexity index is 1710. The molecule has 0 radical (unpaired) electrons. The number of carbonyl (C=O) groups is 5. The molecule has 1 aliphatic carbocycles. The first-order chi connectivity index (χ1) is 23.2. The van der Waals surface area contributed by atoms with Gasteiger partial charge in [-0.3, -0.25) is 24.2 Å². The Kier molecular flexibility index (Phi) is 7.58. The lowest BCUT2D eigenvalue weighted by Crippen LogP contribution is -2.66. The maximum Gasteiger partial charge on any atom is 0.338 e. The molecular formula is C34H36F2N4O9. The normalized spacial score (nSPS) is 32.6. The van der Waals surface area contributed by atoms with Crippen molar-refractivity contribution in [1.82, 2.24) is 19.8 Å². The summed E-state index contributed by atoms with van der Waals surface area (Å²) >= 11 is 0. The molecule has 6 atom stereocenters. The fourth-order valence-corrected chi connectivity index (χ4v) is 8.85. The average Bonchev–Trinajstić information content (AvgIpc) is 3.68. The van der Waals surface area contributed by atoms with E-state index >= 15 is 0 Å². The molecule has 2 spiro atoms. The van der Waals surface area contributed by atoms with E-state index in [2.05, 4.69) is 9.97 Å². The Labute approximate surface area is 279 Å². The van der Waals surface area contributed by atoms with Crippen LogP contribution in [0.25, 0.3) is 0 Å². The number of hydrogen-bond donors (Lipinski definition) is 1. The summed E-state index contributed by atoms with van der Waals surface area (Å²) in [6.07, 6.45) is -4.91. The van der Waals surface area contributed by atoms with Crippen LogP contribution in [0.3, 0.4) is 0 Å². The molecule has 5 aliphatic rings. The topological polar surface area (TPSA) is 166 Å². The van der Waals surface area contributed by atoms with Crippen LogP contribution in [0.15, 0.2) is 42.7 Å². The predicted octanol–water partition coefficient (Wildman–Crippen LogP) is 2.69. The highest BCUT2D eigenvalue weighted by atomic mass is 19.3. The number of aromatic nitrogens is 2. The van der Waals surface area contributed by atoms with Gasteiger partial charge in [-0.15, -0.1) is 0 Å². The van der Waals surface area contributed by atoms with Crippen LogP contribution < -0.4 is 0 Å². The number of alkyl halides is 2. The maximum absolute atomic E-state index is 14.6. The molecule has 4 saturated heterocycles. The van der Waals surface area contributed by atoms with Gasteiger partial charge < -0.3 is 29.1 Å². The van der Waals surface area contributed by atoms with Crippen molar-refractivity contribution in [2.45, 2.75) is 76.9 Å². The van der Waals surface area contributed by atoms with Gasteiger partial charge in [-0.25, -0.2) is 18.6 Å². The second-order valence-corrected chi connectivity index (χ2v) is 14.6. The van der Waals surface area contributed by atoms with E-state index in [0.717, 1.165) is 12.4 Å². The number of nitrogens with zero attached hydrogens (tertiary/aromatic N) is 4. The van der Waals surface area contributed by atoms with Gasteiger partial charge in [0.15, 0.2) is 12.3 Å². The smallest absolute Gasteiger partial charge is 0.338 e. The number of piperidine rings is 1. The third-order valence-electron chi connectivity index (χ3n) is 11.3. The van der Waals surface area contributed by atoms with Crippen LogP contribution in [-0.2, 0) is 28.6 Å². The summed E-state index contributed by atoms with van der Waals surface area (Å²) in [5.74, 6) is -3.67. The van der Waals surface area contributed by atoms with Crippen molar-refractivity contribution in [3.05, 3.63) is 59.7 Å². The van der Waals surface area contributed by atoms with Crippen LogP contribution in [0.1, 0.15) is 79.4 Å². The predicted molar refractivity (Wildman–Crippen MR) is 161 cm³/mol. The lowest BCUT2D eigenvalue weighted by atomic mass is 9.52. The lowest BCUT2D eigenvalue weighted by Gasteiger charge is -2.51. The standard InChI is InChI=1S/C34H36F2N4O9/c1-31(2,3)33(46)13-22-32(14-23(41)47-22)30(45)49-29-34(32,33)24(48-28(44)19-7-5-4-6-8-19)27(43)40(29)17-18-9-11-39(12-10-18)26(42)21-16-37-20(15-38-21)25(35)36/h4-8,15-16,18,22,24-25,29,46H,9-14,17H2,1-3H3/t22-,24-,29-,32-,33+,34+/m0/s1. The molecule has 4 aliphatic heterocycles. The quantitative estimate of drug-likeness (QED) is 0.352. The second kappa shape index (κ2) is 11.3. The summed E-state index contributed by atoms with van der Waals surface area (Å²) in [5, 5.41) is 12.8. The summed E-state index contributed by atoms with van der Waals surface area (Å²) in [6, 6.07) is 8.01. The van der Waals surface area contributed by atoms with Crippen LogP contribution in [-0.4, -0.2) is 98.3 Å². The van der Waals surface area contributed by atoms with Crippen LogP contribution >= 0.6 is 0 Å². The minimum atomic E-state index is -2.81. The zero-order chi connectivity index (χ0) is 35.1. The van der Waals surface area contributed by atoms with Crippen LogP contribution in [0.5, 0.6) is 0 Å². The summed E-state index contributed by atoms with van der Waals surface area (Å²) in [6.45, 7) is 5.80. The minimum Gasteiger partial charge on any atom is -0.461 e. The summed E-state index contributed by atoms with van der Waals surface area (Å²) < 4.78 is 43.5. The highest BCUT2D eigenvalue weighted by Gasteiger charge is 2.93. The number of likely N-dealkylation sites (tertiary alicyclic amines) is 2. The summed E-state index contributed by atoms with van der Waals surface area (Å²) in [5.41, 5.74) is -7.04. The van der Waals surface area contributed by atoms with Crippen molar-refractivity contribution in [2.75, 3.05) is 19.6 Å². The number of amides is 2. The van der Waals surface area contributed by atoms with E-state index in [1.807, 2.05) is 0 Å². The van der Waals surface area contributed by atoms with Crippen LogP contribution in [0, 0.1) is 22.2 Å². The SMILES string of the molecule is CC(C)(C)[C@]1(O)C[C@@H]2OC(=O)C[C@@]23C(=O)O[C@@H]2N(CC4CCN(C(=O)c5cnc(C(F)F)cn5)CC4)C(=O)[C@H](OC(=O)c4ccccc4)[C@]213. The molecular weight excluding hydrogens is 646 g/mol. The maximum atomic E-state index is 14.6. The van der Waals surface area contributed by atoms with Gasteiger partial charge in [0.05, 0.1) is 30.0 Å². The first kappa shape index (κ1) is 33.0. The zero-order valence-corrected chi connectivity index (χ0v) is 27.1. The summed E-state index contributed by atoms with van der Waals surface area (Å²) in [7, 11) is 0. The van der Waals surface area contributed by atoms with Crippen LogP contribution in [0.4, 0.5) is 8.78 Å². The number of carbonyl (C=O) groups excluding carboxylic acids is 5. The minimum absolute atomic E-state index is 0.0403. The molecule has 7 rings (SSSR count). The molecule has 49 heavy (non-hydrogen) atoms. The molecule has 15 heteroatoms. The number of rotatable bonds is 6. The number of esters is 3. The van der Waals surface area contributed by atoms with E-state index in [4.69, 9.17) is 14.2 Å². The first-order valence-corrected chi connectivity index (χ1v) is 16.2. The fraction of sp³-hybridized carbons (Fsp3) is 0.559. The second-order valence-electron chi connectivity index (χ2n) is 14.6. The van der Waals surface area contributed by atoms with Crippen molar-refractivity contribution >= 4 is 29.7 Å². The molecule has 5 fully saturated rings. The van der Waals surface area contributed by atoms with Gasteiger partial charge in [0.1, 0.15) is 28.3 Å². The zero-order valence-electron chi connectivity index (χ0n) is 27.1. The van der Waals surface area contributed by atoms with Crippen molar-refractivity contribution in [2.24, 2.45) is 22.2 Å². The average molecular weight is 683 g/mol. The highest BCUT2D eigenvalue weighted by Crippen LogP contribution is 2.76. The van der Waals surface area contributed by atoms with Gasteiger partial charge in [-0.1, -0.05) is 39.0 Å². The van der Waals surface area contributed by atoms with E-state index in [-0.39, 0.29) is 43.2 Å². The number of halogens is 2. The molecule has 2 aromatic rings. The van der Waals surface area contributed by atoms with Crippen molar-refractivity contribution in [3.8, 4) is 0 Å². The molecule has 1 N–H and O–H groups in total. The Morgan fingerprint density at radius 3 is 2.37 bits per heavy atom. The monoisotopic (exact) mass is 682 g/mol. The molecule has 1 aromatic carbocycles. The Hall–Kier alpha value is -4.53. The third kappa shape index (κ3) is 4.53. The van der Waals surface area contributed by atoms with Crippen molar-refractivity contribution in [1.29, 1.82) is 0 Å². The Morgan fingerprint density at radius 2 is 1.76 bits per heavy atom. The Morgan fingerprint density at radius 1 is 1.06 bits per heavy atom. The van der Waals surface area contributed by atoms with Gasteiger partial charge in [-0.2, -0.15) is 0 Å². The number of benzene rings is 1. The molecule has 1 saturated carbocycles. The van der Waals surface area contributed by atoms with E-state index < -0.39 is 88.5 Å². The molecule has 13 nitrogen and oxygen atoms in total. The lowest BCUT2D eigenvalue weighted by molar-refractivity contribution is -0.212. The van der Waals surface area contributed by atoms with Gasteiger partial charge in [0.25, 0.3) is 18.2 Å². The number of ether oxygens (including phenoxy) is 3. The molecule has 1 aromatic heterocycles. The molecule has 260 valence electrons. The van der Waals surface area contributed by atoms with E-state index in [1.165, 1.54) is 21.9 Å². The fourth-order valence-electron chi connectivity index (χ4n) is 8.85. The van der Waals surface area contributed by atoms with E-state index in [1.54, 1.807) is 39.0 Å².